The summed E-state index contributed by atoms with van der Waals surface area (Å²) in [4.78, 5) is 19.2. The minimum atomic E-state index is 0.105. The molecule has 23 heavy (non-hydrogen) atoms. The van der Waals surface area contributed by atoms with Crippen molar-refractivity contribution in [1.82, 2.24) is 0 Å². The molecular formula is C20H20N2O. The van der Waals surface area contributed by atoms with Crippen molar-refractivity contribution in [3.05, 3.63) is 65.2 Å². The summed E-state index contributed by atoms with van der Waals surface area (Å²) in [6.45, 7) is 3.14. The summed E-state index contributed by atoms with van der Waals surface area (Å²) in [5.74, 6) is 0.763. The molecule has 1 aliphatic carbocycles. The zero-order valence-electron chi connectivity index (χ0n) is 13.3. The minimum Gasteiger partial charge on any atom is -0.310 e. The lowest BCUT2D eigenvalue weighted by molar-refractivity contribution is -0.117. The number of benzodiazepines with no additional fused rings is 1. The highest BCUT2D eigenvalue weighted by Crippen LogP contribution is 2.34. The van der Waals surface area contributed by atoms with Gasteiger partial charge in [-0.2, -0.15) is 0 Å². The van der Waals surface area contributed by atoms with E-state index in [1.54, 1.807) is 0 Å². The van der Waals surface area contributed by atoms with E-state index in [2.05, 4.69) is 42.2 Å². The molecule has 0 spiro atoms. The number of hydrogen-bond donors (Lipinski definition) is 0. The van der Waals surface area contributed by atoms with E-state index in [1.165, 1.54) is 18.4 Å². The normalized spacial score (nSPS) is 17.5. The van der Waals surface area contributed by atoms with Gasteiger partial charge in [-0.3, -0.25) is 9.79 Å². The van der Waals surface area contributed by atoms with Gasteiger partial charge in [-0.05, 0) is 37.8 Å². The number of fused-ring (bicyclic) bond motifs is 1. The predicted octanol–water partition coefficient (Wildman–Crippen LogP) is 3.59. The molecule has 3 heteroatoms. The Kier molecular flexibility index (Phi) is 3.49. The summed E-state index contributed by atoms with van der Waals surface area (Å²) >= 11 is 0. The minimum absolute atomic E-state index is 0.105. The third-order valence-corrected chi connectivity index (χ3v) is 4.56. The Labute approximate surface area is 136 Å². The molecule has 1 aliphatic heterocycles. The number of aliphatic imine (C=N–C) groups is 1. The molecule has 1 saturated carbocycles. The third kappa shape index (κ3) is 2.79. The first-order valence-corrected chi connectivity index (χ1v) is 8.23. The molecule has 1 fully saturated rings. The van der Waals surface area contributed by atoms with E-state index < -0.39 is 0 Å². The van der Waals surface area contributed by atoms with Crippen molar-refractivity contribution in [1.29, 1.82) is 0 Å². The zero-order valence-corrected chi connectivity index (χ0v) is 13.3. The summed E-state index contributed by atoms with van der Waals surface area (Å²) in [6.07, 6.45) is 2.47. The van der Waals surface area contributed by atoms with Gasteiger partial charge in [-0.15, -0.1) is 0 Å². The Morgan fingerprint density at radius 3 is 2.65 bits per heavy atom. The van der Waals surface area contributed by atoms with E-state index >= 15 is 0 Å². The number of hydrogen-bond acceptors (Lipinski definition) is 2. The number of rotatable bonds is 3. The Balaban J connectivity index is 1.84. The average Bonchev–Trinajstić information content (AvgIpc) is 3.39. The fourth-order valence-corrected chi connectivity index (χ4v) is 3.13. The van der Waals surface area contributed by atoms with Crippen LogP contribution in [0.1, 0.15) is 29.5 Å². The van der Waals surface area contributed by atoms with Gasteiger partial charge in [-0.1, -0.05) is 42.0 Å². The van der Waals surface area contributed by atoms with Crippen molar-refractivity contribution in [2.45, 2.75) is 19.8 Å². The highest BCUT2D eigenvalue weighted by molar-refractivity contribution is 6.19. The van der Waals surface area contributed by atoms with Gasteiger partial charge in [0.2, 0.25) is 5.91 Å². The molecule has 0 saturated heterocycles. The molecule has 0 atom stereocenters. The van der Waals surface area contributed by atoms with Crippen molar-refractivity contribution in [3.63, 3.8) is 0 Å². The molecule has 0 N–H and O–H groups in total. The lowest BCUT2D eigenvalue weighted by Crippen LogP contribution is -2.34. The van der Waals surface area contributed by atoms with Crippen LogP contribution >= 0.6 is 0 Å². The third-order valence-electron chi connectivity index (χ3n) is 4.56. The van der Waals surface area contributed by atoms with Crippen molar-refractivity contribution < 1.29 is 4.79 Å². The summed E-state index contributed by atoms with van der Waals surface area (Å²) < 4.78 is 0. The Morgan fingerprint density at radius 2 is 1.91 bits per heavy atom. The molecule has 0 radical (unpaired) electrons. The zero-order chi connectivity index (χ0) is 15.8. The van der Waals surface area contributed by atoms with Crippen LogP contribution in [0.15, 0.2) is 53.5 Å². The summed E-state index contributed by atoms with van der Waals surface area (Å²) in [5, 5.41) is 0. The van der Waals surface area contributed by atoms with Crippen LogP contribution in [0, 0.1) is 12.8 Å². The van der Waals surface area contributed by atoms with Gasteiger partial charge in [0, 0.05) is 17.7 Å². The first-order valence-electron chi connectivity index (χ1n) is 8.23. The van der Waals surface area contributed by atoms with Crippen molar-refractivity contribution in [3.8, 4) is 0 Å². The monoisotopic (exact) mass is 304 g/mol. The van der Waals surface area contributed by atoms with Gasteiger partial charge in [-0.25, -0.2) is 0 Å². The molecule has 2 aliphatic rings. The highest BCUT2D eigenvalue weighted by atomic mass is 16.2. The van der Waals surface area contributed by atoms with Crippen LogP contribution in [0.2, 0.25) is 0 Å². The maximum atomic E-state index is 12.6. The maximum absolute atomic E-state index is 12.6. The number of aryl methyl sites for hydroxylation is 1. The Hall–Kier alpha value is -2.42. The van der Waals surface area contributed by atoms with Gasteiger partial charge in [0.15, 0.2) is 0 Å². The van der Waals surface area contributed by atoms with Crippen LogP contribution in [0.5, 0.6) is 0 Å². The molecule has 0 unspecified atom stereocenters. The van der Waals surface area contributed by atoms with Crippen LogP contribution in [0.3, 0.4) is 0 Å². The molecule has 4 rings (SSSR count). The van der Waals surface area contributed by atoms with Crippen molar-refractivity contribution in [2.24, 2.45) is 10.9 Å². The summed E-state index contributed by atoms with van der Waals surface area (Å²) in [6, 6.07) is 16.5. The van der Waals surface area contributed by atoms with Crippen LogP contribution < -0.4 is 4.90 Å². The van der Waals surface area contributed by atoms with Crippen LogP contribution in [0.25, 0.3) is 0 Å². The van der Waals surface area contributed by atoms with E-state index in [4.69, 9.17) is 0 Å². The molecule has 2 aromatic rings. The van der Waals surface area contributed by atoms with Gasteiger partial charge in [0.1, 0.15) is 6.54 Å². The van der Waals surface area contributed by atoms with Gasteiger partial charge >= 0.3 is 0 Å². The Bertz CT molecular complexity index is 775. The van der Waals surface area contributed by atoms with E-state index in [9.17, 15) is 4.79 Å². The molecular weight excluding hydrogens is 284 g/mol. The Morgan fingerprint density at radius 1 is 1.13 bits per heavy atom. The number of nitrogens with zero attached hydrogens (tertiary/aromatic N) is 2. The SMILES string of the molecule is Cc1ccc2c(c1)C(c1ccccc1)=NCC(=O)N2CC1CC1. The summed E-state index contributed by atoms with van der Waals surface area (Å²) in [5.41, 5.74) is 5.26. The smallest absolute Gasteiger partial charge is 0.248 e. The molecule has 0 aromatic heterocycles. The topological polar surface area (TPSA) is 32.7 Å². The van der Waals surface area contributed by atoms with E-state index in [0.717, 1.165) is 29.1 Å². The molecule has 1 amide bonds. The lowest BCUT2D eigenvalue weighted by Gasteiger charge is -2.23. The molecule has 0 bridgehead atoms. The number of benzene rings is 2. The largest absolute Gasteiger partial charge is 0.310 e. The molecule has 3 nitrogen and oxygen atoms in total. The fourth-order valence-electron chi connectivity index (χ4n) is 3.13. The number of amides is 1. The lowest BCUT2D eigenvalue weighted by atomic mass is 9.98. The second-order valence-electron chi connectivity index (χ2n) is 6.50. The average molecular weight is 304 g/mol. The fraction of sp³-hybridized carbons (Fsp3) is 0.300. The van der Waals surface area contributed by atoms with Gasteiger partial charge < -0.3 is 4.90 Å². The molecule has 116 valence electrons. The van der Waals surface area contributed by atoms with Crippen LogP contribution in [0.4, 0.5) is 5.69 Å². The number of carbonyl (C=O) groups is 1. The predicted molar refractivity (Wildman–Crippen MR) is 93.2 cm³/mol. The van der Waals surface area contributed by atoms with Crippen LogP contribution in [-0.2, 0) is 4.79 Å². The quantitative estimate of drug-likeness (QED) is 0.853. The molecule has 2 aromatic carbocycles. The highest BCUT2D eigenvalue weighted by Gasteiger charge is 2.31. The molecule has 1 heterocycles. The first kappa shape index (κ1) is 14.2. The first-order chi connectivity index (χ1) is 11.2. The van der Waals surface area contributed by atoms with E-state index in [-0.39, 0.29) is 12.5 Å². The second kappa shape index (κ2) is 5.65. The van der Waals surface area contributed by atoms with Gasteiger partial charge in [0.05, 0.1) is 11.4 Å². The summed E-state index contributed by atoms with van der Waals surface area (Å²) in [7, 11) is 0. The van der Waals surface area contributed by atoms with E-state index in [0.29, 0.717) is 5.92 Å². The maximum Gasteiger partial charge on any atom is 0.248 e. The second-order valence-corrected chi connectivity index (χ2v) is 6.50. The standard InChI is InChI=1S/C20H20N2O/c1-14-7-10-18-17(11-14)20(16-5-3-2-4-6-16)21-12-19(23)22(18)13-15-8-9-15/h2-7,10-11,15H,8-9,12-13H2,1H3. The van der Waals surface area contributed by atoms with E-state index in [1.807, 2.05) is 23.1 Å². The van der Waals surface area contributed by atoms with Gasteiger partial charge in [0.25, 0.3) is 0 Å². The van der Waals surface area contributed by atoms with Crippen molar-refractivity contribution >= 4 is 17.3 Å². The van der Waals surface area contributed by atoms with Crippen LogP contribution in [-0.4, -0.2) is 24.7 Å². The number of carbonyl (C=O) groups excluding carboxylic acids is 1. The van der Waals surface area contributed by atoms with Crippen molar-refractivity contribution in [2.75, 3.05) is 18.0 Å². The number of anilines is 1.